The van der Waals surface area contributed by atoms with Crippen molar-refractivity contribution in [3.63, 3.8) is 0 Å². The van der Waals surface area contributed by atoms with Crippen molar-refractivity contribution in [3.8, 4) is 0 Å². The maximum atomic E-state index is 11.5. The van der Waals surface area contributed by atoms with E-state index in [0.29, 0.717) is 6.42 Å². The van der Waals surface area contributed by atoms with Gasteiger partial charge in [0, 0.05) is 0 Å². The second kappa shape index (κ2) is 6.75. The highest BCUT2D eigenvalue weighted by Crippen LogP contribution is 2.07. The summed E-state index contributed by atoms with van der Waals surface area (Å²) in [4.78, 5) is 22.6. The molecule has 0 saturated carbocycles. The molecule has 1 atom stereocenters. The van der Waals surface area contributed by atoms with Gasteiger partial charge in [-0.25, -0.2) is 9.59 Å². The van der Waals surface area contributed by atoms with Crippen LogP contribution in [0.4, 0.5) is 4.79 Å². The van der Waals surface area contributed by atoms with Crippen molar-refractivity contribution < 1.29 is 19.4 Å². The van der Waals surface area contributed by atoms with Gasteiger partial charge in [-0.3, -0.25) is 11.1 Å². The largest absolute Gasteiger partial charge is 0.478 e. The number of alkyl carbamates (subject to hydrolysis) is 1. The van der Waals surface area contributed by atoms with Crippen LogP contribution >= 0.6 is 0 Å². The lowest BCUT2D eigenvalue weighted by atomic mass is 10.1. The first-order chi connectivity index (χ1) is 8.98. The highest BCUT2D eigenvalue weighted by atomic mass is 16.5. The molecule has 6 heteroatoms. The minimum atomic E-state index is -1.79. The third-order valence-corrected chi connectivity index (χ3v) is 2.56. The Morgan fingerprint density at radius 3 is 2.53 bits per heavy atom. The molecule has 0 aliphatic rings. The third kappa shape index (κ3) is 4.59. The first kappa shape index (κ1) is 15.0. The summed E-state index contributed by atoms with van der Waals surface area (Å²) >= 11 is 0. The SMILES string of the molecule is CCC[C@@](N)(NC(=O)OCc1ccccc1)C(=O)O. The maximum absolute atomic E-state index is 11.5. The fourth-order valence-electron chi connectivity index (χ4n) is 1.56. The van der Waals surface area contributed by atoms with E-state index in [4.69, 9.17) is 15.6 Å². The molecule has 1 amide bonds. The summed E-state index contributed by atoms with van der Waals surface area (Å²) in [6.07, 6.45) is -0.188. The van der Waals surface area contributed by atoms with E-state index in [9.17, 15) is 9.59 Å². The van der Waals surface area contributed by atoms with Crippen LogP contribution in [0.25, 0.3) is 0 Å². The Morgan fingerprint density at radius 1 is 1.37 bits per heavy atom. The van der Waals surface area contributed by atoms with E-state index in [1.807, 2.05) is 18.2 Å². The number of aliphatic carboxylic acids is 1. The number of hydrogen-bond donors (Lipinski definition) is 3. The first-order valence-electron chi connectivity index (χ1n) is 5.99. The quantitative estimate of drug-likeness (QED) is 0.676. The Bertz CT molecular complexity index is 436. The van der Waals surface area contributed by atoms with Crippen LogP contribution in [0.2, 0.25) is 0 Å². The topological polar surface area (TPSA) is 102 Å². The number of carboxylic acid groups (broad SMARTS) is 1. The molecule has 0 aliphatic heterocycles. The van der Waals surface area contributed by atoms with E-state index in [-0.39, 0.29) is 13.0 Å². The summed E-state index contributed by atoms with van der Waals surface area (Å²) < 4.78 is 4.93. The van der Waals surface area contributed by atoms with Crippen LogP contribution in [0.3, 0.4) is 0 Å². The van der Waals surface area contributed by atoms with Gasteiger partial charge in [0.1, 0.15) is 6.61 Å². The van der Waals surface area contributed by atoms with E-state index in [1.54, 1.807) is 19.1 Å². The molecule has 6 nitrogen and oxygen atoms in total. The first-order valence-corrected chi connectivity index (χ1v) is 5.99. The molecule has 0 fully saturated rings. The number of carboxylic acids is 1. The maximum Gasteiger partial charge on any atom is 0.409 e. The van der Waals surface area contributed by atoms with Crippen molar-refractivity contribution in [2.75, 3.05) is 0 Å². The molecule has 0 bridgehead atoms. The monoisotopic (exact) mass is 266 g/mol. The van der Waals surface area contributed by atoms with Crippen LogP contribution in [-0.4, -0.2) is 22.8 Å². The highest BCUT2D eigenvalue weighted by Gasteiger charge is 2.35. The highest BCUT2D eigenvalue weighted by molar-refractivity contribution is 5.83. The van der Waals surface area contributed by atoms with Crippen LogP contribution in [0, 0.1) is 0 Å². The fourth-order valence-corrected chi connectivity index (χ4v) is 1.56. The van der Waals surface area contributed by atoms with Crippen LogP contribution < -0.4 is 11.1 Å². The lowest BCUT2D eigenvalue weighted by Crippen LogP contribution is -2.61. The molecule has 19 heavy (non-hydrogen) atoms. The minimum absolute atomic E-state index is 0.0640. The number of amides is 1. The van der Waals surface area contributed by atoms with Gasteiger partial charge >= 0.3 is 12.1 Å². The van der Waals surface area contributed by atoms with Gasteiger partial charge in [0.05, 0.1) is 0 Å². The van der Waals surface area contributed by atoms with Gasteiger partial charge in [-0.05, 0) is 12.0 Å². The Kier molecular flexibility index (Phi) is 5.32. The number of carbonyl (C=O) groups is 2. The molecule has 0 saturated heterocycles. The summed E-state index contributed by atoms with van der Waals surface area (Å²) in [5.74, 6) is -1.29. The predicted octanol–water partition coefficient (Wildman–Crippen LogP) is 1.45. The number of carbonyl (C=O) groups excluding carboxylic acids is 1. The molecule has 0 aliphatic carbocycles. The minimum Gasteiger partial charge on any atom is -0.478 e. The molecule has 0 radical (unpaired) electrons. The number of hydrogen-bond acceptors (Lipinski definition) is 4. The van der Waals surface area contributed by atoms with Crippen molar-refractivity contribution in [3.05, 3.63) is 35.9 Å². The molecular weight excluding hydrogens is 248 g/mol. The molecule has 0 spiro atoms. The fraction of sp³-hybridized carbons (Fsp3) is 0.385. The Labute approximate surface area is 111 Å². The van der Waals surface area contributed by atoms with E-state index in [1.165, 1.54) is 0 Å². The van der Waals surface area contributed by atoms with Gasteiger partial charge in [0.25, 0.3) is 0 Å². The van der Waals surface area contributed by atoms with Crippen LogP contribution in [0.1, 0.15) is 25.3 Å². The molecule has 1 rings (SSSR count). The lowest BCUT2D eigenvalue weighted by Gasteiger charge is -2.24. The zero-order valence-corrected chi connectivity index (χ0v) is 10.8. The third-order valence-electron chi connectivity index (χ3n) is 2.56. The van der Waals surface area contributed by atoms with Crippen molar-refractivity contribution >= 4 is 12.1 Å². The standard InChI is InChI=1S/C13H18N2O4/c1-2-8-13(14,11(16)17)15-12(18)19-9-10-6-4-3-5-7-10/h3-7H,2,8-9,14H2,1H3,(H,15,18)(H,16,17)/t13-/m1/s1. The summed E-state index contributed by atoms with van der Waals surface area (Å²) in [5, 5.41) is 11.2. The van der Waals surface area contributed by atoms with Gasteiger partial charge in [-0.2, -0.15) is 0 Å². The zero-order chi connectivity index (χ0) is 14.3. The summed E-state index contributed by atoms with van der Waals surface area (Å²) in [5.41, 5.74) is 4.63. The van der Waals surface area contributed by atoms with E-state index in [0.717, 1.165) is 5.56 Å². The Balaban J connectivity index is 2.52. The van der Waals surface area contributed by atoms with Crippen LogP contribution in [-0.2, 0) is 16.1 Å². The van der Waals surface area contributed by atoms with Crippen LogP contribution in [0.15, 0.2) is 30.3 Å². The van der Waals surface area contributed by atoms with Gasteiger partial charge in [-0.1, -0.05) is 43.7 Å². The number of nitrogens with one attached hydrogen (secondary N) is 1. The molecule has 1 aromatic rings. The van der Waals surface area contributed by atoms with Gasteiger partial charge in [0.2, 0.25) is 0 Å². The number of rotatable bonds is 6. The smallest absolute Gasteiger partial charge is 0.409 e. The van der Waals surface area contributed by atoms with E-state index in [2.05, 4.69) is 5.32 Å². The number of benzene rings is 1. The Hall–Kier alpha value is -2.08. The second-order valence-corrected chi connectivity index (χ2v) is 4.21. The number of nitrogens with two attached hydrogens (primary N) is 1. The summed E-state index contributed by atoms with van der Waals surface area (Å²) in [6, 6.07) is 9.08. The van der Waals surface area contributed by atoms with Gasteiger partial charge < -0.3 is 9.84 Å². The van der Waals surface area contributed by atoms with Crippen molar-refractivity contribution in [2.24, 2.45) is 5.73 Å². The zero-order valence-electron chi connectivity index (χ0n) is 10.8. The molecule has 4 N–H and O–H groups in total. The molecule has 104 valence electrons. The van der Waals surface area contributed by atoms with E-state index < -0.39 is 17.7 Å². The second-order valence-electron chi connectivity index (χ2n) is 4.21. The molecule has 0 aromatic heterocycles. The normalized spacial score (nSPS) is 13.4. The molecular formula is C13H18N2O4. The summed E-state index contributed by atoms with van der Waals surface area (Å²) in [7, 11) is 0. The van der Waals surface area contributed by atoms with E-state index >= 15 is 0 Å². The van der Waals surface area contributed by atoms with Crippen LogP contribution in [0.5, 0.6) is 0 Å². The summed E-state index contributed by atoms with van der Waals surface area (Å²) in [6.45, 7) is 1.84. The lowest BCUT2D eigenvalue weighted by molar-refractivity contribution is -0.144. The van der Waals surface area contributed by atoms with Crippen molar-refractivity contribution in [1.29, 1.82) is 0 Å². The Morgan fingerprint density at radius 2 is 2.00 bits per heavy atom. The molecule has 0 heterocycles. The predicted molar refractivity (Wildman–Crippen MR) is 69.2 cm³/mol. The molecule has 1 aromatic carbocycles. The average Bonchev–Trinajstić information content (AvgIpc) is 2.37. The van der Waals surface area contributed by atoms with Crippen molar-refractivity contribution in [1.82, 2.24) is 5.32 Å². The van der Waals surface area contributed by atoms with Gasteiger partial charge in [0.15, 0.2) is 5.66 Å². The van der Waals surface area contributed by atoms with Gasteiger partial charge in [-0.15, -0.1) is 0 Å². The van der Waals surface area contributed by atoms with Crippen molar-refractivity contribution in [2.45, 2.75) is 32.0 Å². The molecule has 0 unspecified atom stereocenters. The average molecular weight is 266 g/mol. The number of ether oxygens (including phenoxy) is 1.